The summed E-state index contributed by atoms with van der Waals surface area (Å²) >= 11 is 0. The van der Waals surface area contributed by atoms with Gasteiger partial charge in [0.05, 0.1) is 11.0 Å². The van der Waals surface area contributed by atoms with Gasteiger partial charge in [0.1, 0.15) is 11.3 Å². The molecule has 136 valence electrons. The highest BCUT2D eigenvalue weighted by Gasteiger charge is 2.22. The van der Waals surface area contributed by atoms with Gasteiger partial charge in [-0.15, -0.1) is 0 Å². The molecule has 0 bridgehead atoms. The van der Waals surface area contributed by atoms with Crippen molar-refractivity contribution < 1.29 is 0 Å². The minimum Gasteiger partial charge on any atom is -0.368 e. The zero-order valence-corrected chi connectivity index (χ0v) is 15.4. The van der Waals surface area contributed by atoms with Gasteiger partial charge in [-0.2, -0.15) is 0 Å². The molecule has 0 unspecified atom stereocenters. The highest BCUT2D eigenvalue weighted by molar-refractivity contribution is 6.06. The summed E-state index contributed by atoms with van der Waals surface area (Å²) in [6.45, 7) is 0.843. The number of imidazole rings is 1. The number of nitrogens with one attached hydrogen (secondary N) is 2. The first-order chi connectivity index (χ1) is 13.4. The molecule has 0 spiro atoms. The Morgan fingerprint density at radius 1 is 0.926 bits per heavy atom. The van der Waals surface area contributed by atoms with Gasteiger partial charge in [-0.25, -0.2) is 9.97 Å². The van der Waals surface area contributed by atoms with E-state index in [1.54, 1.807) is 0 Å². The van der Waals surface area contributed by atoms with Crippen LogP contribution < -0.4 is 5.32 Å². The summed E-state index contributed by atoms with van der Waals surface area (Å²) in [5.74, 6) is 2.58. The summed E-state index contributed by atoms with van der Waals surface area (Å²) in [7, 11) is 0. The number of pyridine rings is 1. The summed E-state index contributed by atoms with van der Waals surface area (Å²) in [4.78, 5) is 13.5. The molecule has 4 nitrogen and oxygen atoms in total. The van der Waals surface area contributed by atoms with Crippen LogP contribution in [0.25, 0.3) is 21.9 Å². The fraction of sp³-hybridized carbons (Fsp3) is 0.304. The molecule has 0 saturated heterocycles. The zero-order chi connectivity index (χ0) is 18.1. The number of benzene rings is 2. The third-order valence-electron chi connectivity index (χ3n) is 5.64. The number of para-hydroxylation sites is 1. The van der Waals surface area contributed by atoms with Crippen LogP contribution in [0.3, 0.4) is 0 Å². The molecule has 0 atom stereocenters. The van der Waals surface area contributed by atoms with E-state index in [0.717, 1.165) is 46.5 Å². The van der Waals surface area contributed by atoms with Crippen molar-refractivity contribution in [3.05, 3.63) is 66.0 Å². The quantitative estimate of drug-likeness (QED) is 0.502. The van der Waals surface area contributed by atoms with E-state index in [1.165, 1.54) is 31.2 Å². The molecular weight excluding hydrogens is 332 g/mol. The zero-order valence-electron chi connectivity index (χ0n) is 15.4. The maximum atomic E-state index is 4.99. The number of hydrogen-bond acceptors (Lipinski definition) is 3. The second kappa shape index (κ2) is 7.03. The van der Waals surface area contributed by atoms with Crippen LogP contribution in [-0.2, 0) is 6.42 Å². The van der Waals surface area contributed by atoms with Crippen molar-refractivity contribution in [2.24, 2.45) is 0 Å². The van der Waals surface area contributed by atoms with Crippen LogP contribution in [0.2, 0.25) is 0 Å². The van der Waals surface area contributed by atoms with Gasteiger partial charge in [0.15, 0.2) is 5.82 Å². The number of hydrogen-bond donors (Lipinski definition) is 2. The van der Waals surface area contributed by atoms with Crippen LogP contribution in [0, 0.1) is 0 Å². The monoisotopic (exact) mass is 356 g/mol. The molecule has 27 heavy (non-hydrogen) atoms. The molecule has 2 aromatic heterocycles. The Balaban J connectivity index is 1.51. The molecule has 4 heteroatoms. The smallest absolute Gasteiger partial charge is 0.154 e. The topological polar surface area (TPSA) is 53.6 Å². The predicted octanol–water partition coefficient (Wildman–Crippen LogP) is 5.42. The fourth-order valence-electron chi connectivity index (χ4n) is 4.20. The molecule has 5 rings (SSSR count). The van der Waals surface area contributed by atoms with Crippen LogP contribution in [-0.4, -0.2) is 21.5 Å². The summed E-state index contributed by atoms with van der Waals surface area (Å²) in [6.07, 6.45) is 6.06. The lowest BCUT2D eigenvalue weighted by molar-refractivity contribution is 0.681. The molecule has 1 saturated carbocycles. The first kappa shape index (κ1) is 16.3. The Labute approximate surface area is 159 Å². The van der Waals surface area contributed by atoms with Crippen molar-refractivity contribution in [3.8, 4) is 0 Å². The average Bonchev–Trinajstić information content (AvgIpc) is 3.39. The number of nitrogens with zero attached hydrogens (tertiary/aromatic N) is 2. The van der Waals surface area contributed by atoms with Crippen molar-refractivity contribution in [2.45, 2.75) is 38.0 Å². The van der Waals surface area contributed by atoms with Gasteiger partial charge in [-0.3, -0.25) is 0 Å². The summed E-state index contributed by atoms with van der Waals surface area (Å²) < 4.78 is 0. The van der Waals surface area contributed by atoms with E-state index in [-0.39, 0.29) is 0 Å². The van der Waals surface area contributed by atoms with Crippen molar-refractivity contribution in [1.29, 1.82) is 0 Å². The molecular formula is C23H24N4. The second-order valence-corrected chi connectivity index (χ2v) is 7.47. The maximum Gasteiger partial charge on any atom is 0.154 e. The fourth-order valence-corrected chi connectivity index (χ4v) is 4.20. The van der Waals surface area contributed by atoms with Gasteiger partial charge in [-0.1, -0.05) is 61.4 Å². The Hall–Kier alpha value is -2.88. The van der Waals surface area contributed by atoms with Gasteiger partial charge in [0.25, 0.3) is 0 Å². The SMILES string of the molecule is c1ccc(CCNc2nc3ccccc3c3[nH]c(C4CCCC4)nc23)cc1. The molecule has 0 radical (unpaired) electrons. The van der Waals surface area contributed by atoms with Crippen LogP contribution in [0.5, 0.6) is 0 Å². The molecule has 2 aromatic carbocycles. The number of rotatable bonds is 5. The van der Waals surface area contributed by atoms with Crippen molar-refractivity contribution in [3.63, 3.8) is 0 Å². The molecule has 1 aliphatic carbocycles. The first-order valence-electron chi connectivity index (χ1n) is 9.94. The molecule has 0 amide bonds. The number of aromatic nitrogens is 3. The normalized spacial score (nSPS) is 15.0. The second-order valence-electron chi connectivity index (χ2n) is 7.47. The van der Waals surface area contributed by atoms with Gasteiger partial charge < -0.3 is 10.3 Å². The standard InChI is InChI=1S/C23H24N4/c1-2-8-16(9-3-1)14-15-24-23-21-20(18-12-6-7-13-19(18)25-23)26-22(27-21)17-10-4-5-11-17/h1-3,6-9,12-13,17H,4-5,10-11,14-15H2,(H,24,25)(H,26,27). The van der Waals surface area contributed by atoms with Crippen molar-refractivity contribution >= 4 is 27.8 Å². The van der Waals surface area contributed by atoms with E-state index in [4.69, 9.17) is 9.97 Å². The molecule has 2 heterocycles. The maximum absolute atomic E-state index is 4.99. The lowest BCUT2D eigenvalue weighted by atomic mass is 10.1. The minimum atomic E-state index is 0.563. The van der Waals surface area contributed by atoms with Gasteiger partial charge in [0, 0.05) is 17.8 Å². The van der Waals surface area contributed by atoms with E-state index in [1.807, 2.05) is 6.07 Å². The summed E-state index contributed by atoms with van der Waals surface area (Å²) in [6, 6.07) is 18.9. The number of aromatic amines is 1. The summed E-state index contributed by atoms with van der Waals surface area (Å²) in [5, 5.41) is 4.69. The Kier molecular flexibility index (Phi) is 4.24. The Morgan fingerprint density at radius 2 is 1.70 bits per heavy atom. The van der Waals surface area contributed by atoms with E-state index >= 15 is 0 Å². The van der Waals surface area contributed by atoms with Crippen LogP contribution in [0.4, 0.5) is 5.82 Å². The van der Waals surface area contributed by atoms with Gasteiger partial charge in [-0.05, 0) is 30.9 Å². The third kappa shape index (κ3) is 3.16. The van der Waals surface area contributed by atoms with Crippen LogP contribution in [0.1, 0.15) is 43.0 Å². The molecule has 4 aromatic rings. The minimum absolute atomic E-state index is 0.563. The van der Waals surface area contributed by atoms with Crippen molar-refractivity contribution in [1.82, 2.24) is 15.0 Å². The van der Waals surface area contributed by atoms with Gasteiger partial charge >= 0.3 is 0 Å². The number of H-pyrrole nitrogens is 1. The first-order valence-corrected chi connectivity index (χ1v) is 9.94. The molecule has 1 aliphatic rings. The highest BCUT2D eigenvalue weighted by Crippen LogP contribution is 2.35. The van der Waals surface area contributed by atoms with E-state index in [2.05, 4.69) is 58.8 Å². The Bertz CT molecular complexity index is 1060. The predicted molar refractivity (Wildman–Crippen MR) is 111 cm³/mol. The van der Waals surface area contributed by atoms with E-state index < -0.39 is 0 Å². The number of fused-ring (bicyclic) bond motifs is 3. The largest absolute Gasteiger partial charge is 0.368 e. The lowest BCUT2D eigenvalue weighted by Crippen LogP contribution is -2.07. The van der Waals surface area contributed by atoms with Gasteiger partial charge in [0.2, 0.25) is 0 Å². The molecule has 2 N–H and O–H groups in total. The highest BCUT2D eigenvalue weighted by atomic mass is 15.0. The van der Waals surface area contributed by atoms with E-state index in [0.29, 0.717) is 5.92 Å². The van der Waals surface area contributed by atoms with Crippen molar-refractivity contribution in [2.75, 3.05) is 11.9 Å². The third-order valence-corrected chi connectivity index (χ3v) is 5.64. The lowest BCUT2D eigenvalue weighted by Gasteiger charge is -2.08. The van der Waals surface area contributed by atoms with Crippen LogP contribution in [0.15, 0.2) is 54.6 Å². The summed E-state index contributed by atoms with van der Waals surface area (Å²) in [5.41, 5.74) is 4.43. The molecule has 1 fully saturated rings. The average molecular weight is 356 g/mol. The van der Waals surface area contributed by atoms with Crippen LogP contribution >= 0.6 is 0 Å². The molecule has 0 aliphatic heterocycles. The van der Waals surface area contributed by atoms with E-state index in [9.17, 15) is 0 Å². The Morgan fingerprint density at radius 3 is 2.56 bits per heavy atom. The number of anilines is 1.